The number of ether oxygens (including phenoxy) is 3. The van der Waals surface area contributed by atoms with Crippen molar-refractivity contribution >= 4 is 0 Å². The van der Waals surface area contributed by atoms with Gasteiger partial charge in [-0.25, -0.2) is 0 Å². The van der Waals surface area contributed by atoms with Gasteiger partial charge in [-0.3, -0.25) is 0 Å². The molecular weight excluding hydrogens is 308 g/mol. The molecular formula is C19H22O5. The van der Waals surface area contributed by atoms with Gasteiger partial charge in [0.25, 0.3) is 0 Å². The summed E-state index contributed by atoms with van der Waals surface area (Å²) in [5.41, 5.74) is 2.05. The number of rotatable bonds is 7. The standard InChI is InChI=1S/C19H22O5/c20-17-18(23-12-15-9-5-2-6-10-15)16(24-19(17)21)13-22-11-14-7-3-1-4-8-14/h1-10,16-21H,11-13H2/t16-,17-,18+,19+/m1/s1. The normalized spacial score (nSPS) is 26.6. The maximum atomic E-state index is 10.1. The van der Waals surface area contributed by atoms with Crippen LogP contribution in [0.4, 0.5) is 0 Å². The van der Waals surface area contributed by atoms with Crippen LogP contribution in [0.1, 0.15) is 11.1 Å². The van der Waals surface area contributed by atoms with Crippen molar-refractivity contribution in [1.29, 1.82) is 0 Å². The van der Waals surface area contributed by atoms with E-state index < -0.39 is 24.6 Å². The van der Waals surface area contributed by atoms with Gasteiger partial charge in [0.1, 0.15) is 18.3 Å². The van der Waals surface area contributed by atoms with Crippen LogP contribution in [-0.4, -0.2) is 41.4 Å². The quantitative estimate of drug-likeness (QED) is 0.811. The van der Waals surface area contributed by atoms with Gasteiger partial charge in [-0.2, -0.15) is 0 Å². The molecule has 3 rings (SSSR count). The molecule has 2 N–H and O–H groups in total. The third-order valence-electron chi connectivity index (χ3n) is 3.99. The lowest BCUT2D eigenvalue weighted by Crippen LogP contribution is -2.37. The maximum Gasteiger partial charge on any atom is 0.184 e. The fourth-order valence-corrected chi connectivity index (χ4v) is 2.69. The van der Waals surface area contributed by atoms with Crippen molar-refractivity contribution in [3.8, 4) is 0 Å². The van der Waals surface area contributed by atoms with E-state index in [1.54, 1.807) is 0 Å². The molecule has 1 saturated heterocycles. The first kappa shape index (κ1) is 17.1. The lowest BCUT2D eigenvalue weighted by Gasteiger charge is -2.20. The Morgan fingerprint density at radius 2 is 1.42 bits per heavy atom. The number of hydrogen-bond donors (Lipinski definition) is 2. The van der Waals surface area contributed by atoms with Crippen molar-refractivity contribution in [1.82, 2.24) is 0 Å². The number of aliphatic hydroxyl groups is 2. The van der Waals surface area contributed by atoms with Crippen LogP contribution in [0.15, 0.2) is 60.7 Å². The van der Waals surface area contributed by atoms with Gasteiger partial charge in [-0.1, -0.05) is 60.7 Å². The van der Waals surface area contributed by atoms with E-state index in [0.29, 0.717) is 13.2 Å². The van der Waals surface area contributed by atoms with Gasteiger partial charge in [-0.05, 0) is 11.1 Å². The molecule has 0 spiro atoms. The average Bonchev–Trinajstić information content (AvgIpc) is 2.89. The summed E-state index contributed by atoms with van der Waals surface area (Å²) in [6.07, 6.45) is -3.48. The Hall–Kier alpha value is -1.76. The molecule has 2 aromatic rings. The molecule has 0 radical (unpaired) electrons. The first-order valence-corrected chi connectivity index (χ1v) is 8.03. The van der Waals surface area contributed by atoms with Crippen molar-refractivity contribution in [3.63, 3.8) is 0 Å². The van der Waals surface area contributed by atoms with Gasteiger partial charge < -0.3 is 24.4 Å². The van der Waals surface area contributed by atoms with E-state index in [1.807, 2.05) is 60.7 Å². The van der Waals surface area contributed by atoms with Crippen LogP contribution in [0.2, 0.25) is 0 Å². The Labute approximate surface area is 141 Å². The molecule has 128 valence electrons. The second kappa shape index (κ2) is 8.37. The lowest BCUT2D eigenvalue weighted by molar-refractivity contribution is -0.137. The number of aliphatic hydroxyl groups excluding tert-OH is 2. The molecule has 1 aliphatic rings. The molecule has 1 aliphatic heterocycles. The summed E-state index contributed by atoms with van der Waals surface area (Å²) in [7, 11) is 0. The van der Waals surface area contributed by atoms with E-state index in [2.05, 4.69) is 0 Å². The van der Waals surface area contributed by atoms with Crippen LogP contribution in [0.3, 0.4) is 0 Å². The van der Waals surface area contributed by atoms with Crippen molar-refractivity contribution < 1.29 is 24.4 Å². The summed E-state index contributed by atoms with van der Waals surface area (Å²) >= 11 is 0. The molecule has 0 saturated carbocycles. The molecule has 0 aliphatic carbocycles. The fourth-order valence-electron chi connectivity index (χ4n) is 2.69. The molecule has 0 unspecified atom stereocenters. The molecule has 4 atom stereocenters. The van der Waals surface area contributed by atoms with E-state index >= 15 is 0 Å². The molecule has 5 nitrogen and oxygen atoms in total. The van der Waals surface area contributed by atoms with Crippen molar-refractivity contribution in [2.75, 3.05) is 6.61 Å². The highest BCUT2D eigenvalue weighted by molar-refractivity contribution is 5.14. The molecule has 2 aromatic carbocycles. The SMILES string of the molecule is O[C@@H]1[C@@H](OCc2ccccc2)[C@@H](COCc2ccccc2)O[C@@H]1O. The van der Waals surface area contributed by atoms with Crippen molar-refractivity contribution in [2.24, 2.45) is 0 Å². The van der Waals surface area contributed by atoms with Crippen molar-refractivity contribution in [3.05, 3.63) is 71.8 Å². The van der Waals surface area contributed by atoms with Crippen LogP contribution in [0.5, 0.6) is 0 Å². The summed E-state index contributed by atoms with van der Waals surface area (Å²) in [6, 6.07) is 19.5. The second-order valence-electron chi connectivity index (χ2n) is 5.82. The first-order valence-electron chi connectivity index (χ1n) is 8.03. The summed E-state index contributed by atoms with van der Waals surface area (Å²) in [4.78, 5) is 0. The molecule has 1 heterocycles. The van der Waals surface area contributed by atoms with Gasteiger partial charge in [0.15, 0.2) is 6.29 Å². The Bertz CT molecular complexity index is 604. The first-order chi connectivity index (χ1) is 11.7. The maximum absolute atomic E-state index is 10.1. The average molecular weight is 330 g/mol. The smallest absolute Gasteiger partial charge is 0.184 e. The molecule has 1 fully saturated rings. The van der Waals surface area contributed by atoms with Crippen LogP contribution >= 0.6 is 0 Å². The fraction of sp³-hybridized carbons (Fsp3) is 0.368. The Morgan fingerprint density at radius 3 is 2.04 bits per heavy atom. The van der Waals surface area contributed by atoms with Gasteiger partial charge in [0.05, 0.1) is 19.8 Å². The second-order valence-corrected chi connectivity index (χ2v) is 5.82. The minimum Gasteiger partial charge on any atom is -0.385 e. The highest BCUT2D eigenvalue weighted by atomic mass is 16.7. The summed E-state index contributed by atoms with van der Waals surface area (Å²) in [6.45, 7) is 1.02. The van der Waals surface area contributed by atoms with E-state index in [4.69, 9.17) is 14.2 Å². The summed E-state index contributed by atoms with van der Waals surface area (Å²) in [5.74, 6) is 0. The zero-order valence-electron chi connectivity index (χ0n) is 13.3. The zero-order valence-corrected chi connectivity index (χ0v) is 13.3. The van der Waals surface area contributed by atoms with Gasteiger partial charge >= 0.3 is 0 Å². The predicted molar refractivity (Wildman–Crippen MR) is 88.0 cm³/mol. The van der Waals surface area contributed by atoms with Crippen LogP contribution in [-0.2, 0) is 27.4 Å². The van der Waals surface area contributed by atoms with Crippen molar-refractivity contribution in [2.45, 2.75) is 37.8 Å². The lowest BCUT2D eigenvalue weighted by atomic mass is 10.1. The third-order valence-corrected chi connectivity index (χ3v) is 3.99. The zero-order chi connectivity index (χ0) is 16.8. The van der Waals surface area contributed by atoms with E-state index in [9.17, 15) is 10.2 Å². The topological polar surface area (TPSA) is 68.2 Å². The largest absolute Gasteiger partial charge is 0.385 e. The molecule has 24 heavy (non-hydrogen) atoms. The summed E-state index contributed by atoms with van der Waals surface area (Å²) < 4.78 is 16.8. The van der Waals surface area contributed by atoms with Gasteiger partial charge in [-0.15, -0.1) is 0 Å². The number of benzene rings is 2. The van der Waals surface area contributed by atoms with E-state index in [-0.39, 0.29) is 6.61 Å². The Morgan fingerprint density at radius 1 is 0.833 bits per heavy atom. The van der Waals surface area contributed by atoms with Gasteiger partial charge in [0.2, 0.25) is 0 Å². The van der Waals surface area contributed by atoms with Crippen LogP contribution in [0.25, 0.3) is 0 Å². The van der Waals surface area contributed by atoms with E-state index in [0.717, 1.165) is 11.1 Å². The number of hydrogen-bond acceptors (Lipinski definition) is 5. The molecule has 0 aromatic heterocycles. The Kier molecular flexibility index (Phi) is 5.96. The van der Waals surface area contributed by atoms with Crippen LogP contribution < -0.4 is 0 Å². The predicted octanol–water partition coefficient (Wildman–Crippen LogP) is 1.87. The molecule has 0 bridgehead atoms. The minimum atomic E-state index is -1.25. The third kappa shape index (κ3) is 4.41. The summed E-state index contributed by atoms with van der Waals surface area (Å²) in [5, 5.41) is 19.8. The monoisotopic (exact) mass is 330 g/mol. The Balaban J connectivity index is 1.52. The molecule has 0 amide bonds. The highest BCUT2D eigenvalue weighted by Crippen LogP contribution is 2.24. The highest BCUT2D eigenvalue weighted by Gasteiger charge is 2.43. The minimum absolute atomic E-state index is 0.239. The van der Waals surface area contributed by atoms with E-state index in [1.165, 1.54) is 0 Å². The molecule has 5 heteroatoms. The van der Waals surface area contributed by atoms with Gasteiger partial charge in [0, 0.05) is 0 Å². The van der Waals surface area contributed by atoms with Crippen LogP contribution in [0, 0.1) is 0 Å².